The maximum absolute atomic E-state index is 12.1. The minimum absolute atomic E-state index is 0.221. The first-order valence-corrected chi connectivity index (χ1v) is 8.45. The summed E-state index contributed by atoms with van der Waals surface area (Å²) in [6.07, 6.45) is 2.35. The van der Waals surface area contributed by atoms with E-state index in [1.165, 1.54) is 11.3 Å². The van der Waals surface area contributed by atoms with E-state index in [1.54, 1.807) is 30.5 Å². The number of hydrogen-bond donors (Lipinski definition) is 1. The minimum Gasteiger partial charge on any atom is -0.255 e. The van der Waals surface area contributed by atoms with Gasteiger partial charge in [-0.1, -0.05) is 12.1 Å². The first kappa shape index (κ1) is 14.3. The van der Waals surface area contributed by atoms with Gasteiger partial charge in [-0.2, -0.15) is 0 Å². The average molecular weight is 317 g/mol. The fourth-order valence-electron chi connectivity index (χ4n) is 1.52. The molecule has 0 saturated heterocycles. The van der Waals surface area contributed by atoms with Crippen LogP contribution in [0.15, 0.2) is 35.4 Å². The Labute approximate surface area is 121 Å². The lowest BCUT2D eigenvalue weighted by Gasteiger charge is -2.06. The van der Waals surface area contributed by atoms with Crippen molar-refractivity contribution in [2.75, 3.05) is 10.6 Å². The molecule has 0 radical (unpaired) electrons. The normalized spacial score (nSPS) is 11.5. The summed E-state index contributed by atoms with van der Waals surface area (Å²) in [5, 5.41) is 0.377. The zero-order chi connectivity index (χ0) is 13.9. The van der Waals surface area contributed by atoms with Crippen LogP contribution in [0.2, 0.25) is 0 Å². The van der Waals surface area contributed by atoms with Crippen LogP contribution >= 0.6 is 22.9 Å². The molecule has 0 bridgehead atoms. The van der Waals surface area contributed by atoms with E-state index in [-0.39, 0.29) is 4.90 Å². The molecule has 7 heteroatoms. The molecule has 0 aliphatic heterocycles. The predicted octanol–water partition coefficient (Wildman–Crippen LogP) is 3.03. The van der Waals surface area contributed by atoms with Gasteiger partial charge in [0.05, 0.1) is 4.90 Å². The molecule has 1 aromatic carbocycles. The number of alkyl halides is 1. The van der Waals surface area contributed by atoms with Crippen LogP contribution in [0.5, 0.6) is 0 Å². The van der Waals surface area contributed by atoms with Crippen LogP contribution in [0, 0.1) is 6.92 Å². The number of hydrogen-bond acceptors (Lipinski definition) is 4. The molecule has 0 unspecified atom stereocenters. The summed E-state index contributed by atoms with van der Waals surface area (Å²) in [5.74, 6) is 0.517. The average Bonchev–Trinajstić information content (AvgIpc) is 2.75. The number of anilines is 1. The number of nitrogens with one attached hydrogen (secondary N) is 1. The van der Waals surface area contributed by atoms with E-state index in [9.17, 15) is 8.42 Å². The minimum atomic E-state index is -3.57. The van der Waals surface area contributed by atoms with E-state index in [0.717, 1.165) is 16.9 Å². The molecule has 4 nitrogen and oxygen atoms in total. The third-order valence-electron chi connectivity index (χ3n) is 2.46. The number of aromatic nitrogens is 1. The van der Waals surface area contributed by atoms with Crippen LogP contribution < -0.4 is 4.72 Å². The molecule has 1 aromatic heterocycles. The number of aryl methyl sites for hydroxylation is 2. The maximum atomic E-state index is 12.1. The molecule has 19 heavy (non-hydrogen) atoms. The summed E-state index contributed by atoms with van der Waals surface area (Å²) in [6, 6.07) is 6.68. The van der Waals surface area contributed by atoms with Crippen LogP contribution in [0.25, 0.3) is 0 Å². The van der Waals surface area contributed by atoms with Crippen LogP contribution in [0.1, 0.15) is 10.4 Å². The lowest BCUT2D eigenvalue weighted by atomic mass is 10.2. The Bertz CT molecular complexity index is 651. The number of rotatable bonds is 5. The van der Waals surface area contributed by atoms with Gasteiger partial charge in [-0.15, -0.1) is 22.9 Å². The van der Waals surface area contributed by atoms with Crippen molar-refractivity contribution in [3.63, 3.8) is 0 Å². The van der Waals surface area contributed by atoms with E-state index in [4.69, 9.17) is 11.6 Å². The third kappa shape index (κ3) is 3.68. The topological polar surface area (TPSA) is 59.1 Å². The zero-order valence-corrected chi connectivity index (χ0v) is 12.6. The Balaban J connectivity index is 2.19. The molecule has 2 aromatic rings. The number of halogens is 1. The second kappa shape index (κ2) is 5.90. The standard InChI is InChI=1S/C12H13ClN2O2S2/c1-9-8-14-12(18-9)15-19(16,17)11-4-2-10(3-5-11)6-7-13/h2-5,8H,6-7H2,1H3,(H,14,15). The quantitative estimate of drug-likeness (QED) is 0.863. The molecule has 0 spiro atoms. The fraction of sp³-hybridized carbons (Fsp3) is 0.250. The van der Waals surface area contributed by atoms with Gasteiger partial charge in [0.2, 0.25) is 0 Å². The maximum Gasteiger partial charge on any atom is 0.263 e. The van der Waals surface area contributed by atoms with Gasteiger partial charge in [-0.25, -0.2) is 13.4 Å². The van der Waals surface area contributed by atoms with Crippen LogP contribution in [0.4, 0.5) is 5.13 Å². The van der Waals surface area contributed by atoms with E-state index in [0.29, 0.717) is 11.0 Å². The number of thiazole rings is 1. The monoisotopic (exact) mass is 316 g/mol. The molecule has 1 N–H and O–H groups in total. The van der Waals surface area contributed by atoms with Gasteiger partial charge in [0.1, 0.15) is 0 Å². The highest BCUT2D eigenvalue weighted by molar-refractivity contribution is 7.93. The highest BCUT2D eigenvalue weighted by Gasteiger charge is 2.15. The number of benzene rings is 1. The van der Waals surface area contributed by atoms with Crippen molar-refractivity contribution in [3.8, 4) is 0 Å². The van der Waals surface area contributed by atoms with E-state index < -0.39 is 10.0 Å². The predicted molar refractivity (Wildman–Crippen MR) is 78.5 cm³/mol. The van der Waals surface area contributed by atoms with Gasteiger partial charge < -0.3 is 0 Å². The molecule has 0 atom stereocenters. The summed E-state index contributed by atoms with van der Waals surface area (Å²) in [7, 11) is -3.57. The molecule has 0 aliphatic carbocycles. The summed E-state index contributed by atoms with van der Waals surface area (Å²) in [5.41, 5.74) is 1.01. The molecule has 0 aliphatic rings. The number of sulfonamides is 1. The summed E-state index contributed by atoms with van der Waals surface area (Å²) >= 11 is 6.94. The van der Waals surface area contributed by atoms with E-state index in [1.807, 2.05) is 6.92 Å². The highest BCUT2D eigenvalue weighted by Crippen LogP contribution is 2.21. The van der Waals surface area contributed by atoms with E-state index >= 15 is 0 Å². The van der Waals surface area contributed by atoms with Crippen LogP contribution in [0.3, 0.4) is 0 Å². The molecule has 0 fully saturated rings. The molecule has 0 saturated carbocycles. The highest BCUT2D eigenvalue weighted by atomic mass is 35.5. The van der Waals surface area contributed by atoms with Gasteiger partial charge in [0.25, 0.3) is 10.0 Å². The van der Waals surface area contributed by atoms with Gasteiger partial charge in [0.15, 0.2) is 5.13 Å². The first-order chi connectivity index (χ1) is 9.01. The fourth-order valence-corrected chi connectivity index (χ4v) is 3.64. The summed E-state index contributed by atoms with van der Waals surface area (Å²) in [6.45, 7) is 1.87. The van der Waals surface area contributed by atoms with Gasteiger partial charge in [-0.3, -0.25) is 4.72 Å². The third-order valence-corrected chi connectivity index (χ3v) is 4.96. The van der Waals surface area contributed by atoms with Crippen molar-refractivity contribution in [2.24, 2.45) is 0 Å². The van der Waals surface area contributed by atoms with E-state index in [2.05, 4.69) is 9.71 Å². The van der Waals surface area contributed by atoms with Crippen molar-refractivity contribution < 1.29 is 8.42 Å². The smallest absolute Gasteiger partial charge is 0.255 e. The Hall–Kier alpha value is -1.11. The Kier molecular flexibility index (Phi) is 4.44. The lowest BCUT2D eigenvalue weighted by molar-refractivity contribution is 0.601. The first-order valence-electron chi connectivity index (χ1n) is 5.61. The Morgan fingerprint density at radius 1 is 1.32 bits per heavy atom. The molecule has 0 amide bonds. The second-order valence-corrected chi connectivity index (χ2v) is 7.26. The van der Waals surface area contributed by atoms with Crippen molar-refractivity contribution in [1.29, 1.82) is 0 Å². The summed E-state index contributed by atoms with van der Waals surface area (Å²) in [4.78, 5) is 5.16. The molecule has 102 valence electrons. The lowest BCUT2D eigenvalue weighted by Crippen LogP contribution is -2.12. The van der Waals surface area contributed by atoms with Crippen molar-refractivity contribution in [2.45, 2.75) is 18.2 Å². The Morgan fingerprint density at radius 2 is 2.00 bits per heavy atom. The van der Waals surface area contributed by atoms with Crippen molar-refractivity contribution >= 4 is 38.1 Å². The van der Waals surface area contributed by atoms with Gasteiger partial charge in [0, 0.05) is 17.0 Å². The molecular weight excluding hydrogens is 304 g/mol. The van der Waals surface area contributed by atoms with Crippen LogP contribution in [-0.2, 0) is 16.4 Å². The van der Waals surface area contributed by atoms with Gasteiger partial charge in [-0.05, 0) is 31.0 Å². The number of nitrogens with zero attached hydrogens (tertiary/aromatic N) is 1. The van der Waals surface area contributed by atoms with Crippen molar-refractivity contribution in [1.82, 2.24) is 4.98 Å². The molecule has 2 rings (SSSR count). The molecular formula is C12H13ClN2O2S2. The summed E-state index contributed by atoms with van der Waals surface area (Å²) < 4.78 is 26.7. The second-order valence-electron chi connectivity index (χ2n) is 3.96. The SMILES string of the molecule is Cc1cnc(NS(=O)(=O)c2ccc(CCCl)cc2)s1. The van der Waals surface area contributed by atoms with Gasteiger partial charge >= 0.3 is 0 Å². The van der Waals surface area contributed by atoms with Crippen molar-refractivity contribution in [3.05, 3.63) is 40.9 Å². The van der Waals surface area contributed by atoms with Crippen LogP contribution in [-0.4, -0.2) is 19.3 Å². The largest absolute Gasteiger partial charge is 0.263 e. The Morgan fingerprint density at radius 3 is 2.53 bits per heavy atom. The molecule has 1 heterocycles. The zero-order valence-electron chi connectivity index (χ0n) is 10.3.